The maximum Gasteiger partial charge on any atom is 0.124 e. The molecule has 0 aliphatic carbocycles. The van der Waals surface area contributed by atoms with Gasteiger partial charge in [-0.3, -0.25) is 0 Å². The van der Waals surface area contributed by atoms with E-state index in [0.29, 0.717) is 6.54 Å². The first-order valence-electron chi connectivity index (χ1n) is 4.95. The fourth-order valence-corrected chi connectivity index (χ4v) is 1.62. The van der Waals surface area contributed by atoms with Crippen molar-refractivity contribution in [1.29, 1.82) is 0 Å². The lowest BCUT2D eigenvalue weighted by molar-refractivity contribution is 0.201. The standard InChI is InChI=1S/C11H14FNO.ClH/c1-2-10-7-13-6-8-5-9(12)3-4-11(8)14-10;/h3-5,10,13H,2,6-7H2,1H3;1H. The van der Waals surface area contributed by atoms with Crippen LogP contribution in [-0.2, 0) is 6.54 Å². The summed E-state index contributed by atoms with van der Waals surface area (Å²) in [6, 6.07) is 4.68. The number of halogens is 2. The molecule has 1 aromatic carbocycles. The third kappa shape index (κ3) is 2.83. The number of rotatable bonds is 1. The van der Waals surface area contributed by atoms with Crippen molar-refractivity contribution in [3.63, 3.8) is 0 Å². The van der Waals surface area contributed by atoms with Crippen molar-refractivity contribution >= 4 is 12.4 Å². The number of nitrogens with one attached hydrogen (secondary N) is 1. The van der Waals surface area contributed by atoms with Crippen LogP contribution in [0.1, 0.15) is 18.9 Å². The second-order valence-electron chi connectivity index (χ2n) is 3.53. The van der Waals surface area contributed by atoms with Crippen LogP contribution in [0.15, 0.2) is 18.2 Å². The maximum absolute atomic E-state index is 12.9. The predicted molar refractivity (Wildman–Crippen MR) is 60.1 cm³/mol. The summed E-state index contributed by atoms with van der Waals surface area (Å²) in [5, 5.41) is 3.24. The molecular formula is C11H15ClFNO. The highest BCUT2D eigenvalue weighted by molar-refractivity contribution is 5.85. The van der Waals surface area contributed by atoms with E-state index >= 15 is 0 Å². The van der Waals surface area contributed by atoms with Gasteiger partial charge in [0.2, 0.25) is 0 Å². The Morgan fingerprint density at radius 2 is 2.33 bits per heavy atom. The van der Waals surface area contributed by atoms with Crippen LogP contribution in [0.5, 0.6) is 5.75 Å². The zero-order valence-corrected chi connectivity index (χ0v) is 9.44. The van der Waals surface area contributed by atoms with Crippen LogP contribution in [-0.4, -0.2) is 12.6 Å². The number of hydrogen-bond acceptors (Lipinski definition) is 2. The quantitative estimate of drug-likeness (QED) is 0.802. The molecule has 1 heterocycles. The van der Waals surface area contributed by atoms with Crippen LogP contribution >= 0.6 is 12.4 Å². The molecule has 0 amide bonds. The molecule has 0 radical (unpaired) electrons. The van der Waals surface area contributed by atoms with Gasteiger partial charge in [-0.1, -0.05) is 6.92 Å². The molecule has 1 atom stereocenters. The number of benzene rings is 1. The Balaban J connectivity index is 0.00000112. The third-order valence-corrected chi connectivity index (χ3v) is 2.46. The molecule has 1 aliphatic heterocycles. The van der Waals surface area contributed by atoms with E-state index in [9.17, 15) is 4.39 Å². The molecule has 0 bridgehead atoms. The summed E-state index contributed by atoms with van der Waals surface area (Å²) < 4.78 is 18.7. The Labute approximate surface area is 95.2 Å². The van der Waals surface area contributed by atoms with Gasteiger partial charge >= 0.3 is 0 Å². The molecule has 1 unspecified atom stereocenters. The van der Waals surface area contributed by atoms with E-state index in [4.69, 9.17) is 4.74 Å². The summed E-state index contributed by atoms with van der Waals surface area (Å²) in [5.41, 5.74) is 0.904. The van der Waals surface area contributed by atoms with Crippen molar-refractivity contribution in [2.75, 3.05) is 6.54 Å². The summed E-state index contributed by atoms with van der Waals surface area (Å²) >= 11 is 0. The first-order valence-corrected chi connectivity index (χ1v) is 4.95. The molecule has 4 heteroatoms. The molecule has 15 heavy (non-hydrogen) atoms. The number of hydrogen-bond donors (Lipinski definition) is 1. The first-order chi connectivity index (χ1) is 6.79. The fourth-order valence-electron chi connectivity index (χ4n) is 1.62. The Hall–Kier alpha value is -0.800. The van der Waals surface area contributed by atoms with Crippen LogP contribution < -0.4 is 10.1 Å². The SMILES string of the molecule is CCC1CNCc2cc(F)ccc2O1.Cl. The Bertz CT molecular complexity index is 332. The van der Waals surface area contributed by atoms with Crippen molar-refractivity contribution < 1.29 is 9.13 Å². The molecular weight excluding hydrogens is 217 g/mol. The van der Waals surface area contributed by atoms with Crippen molar-refractivity contribution in [2.24, 2.45) is 0 Å². The number of fused-ring (bicyclic) bond motifs is 1. The minimum Gasteiger partial charge on any atom is -0.489 e. The lowest BCUT2D eigenvalue weighted by Gasteiger charge is -2.14. The van der Waals surface area contributed by atoms with Gasteiger partial charge in [-0.15, -0.1) is 12.4 Å². The summed E-state index contributed by atoms with van der Waals surface area (Å²) in [7, 11) is 0. The zero-order valence-electron chi connectivity index (χ0n) is 8.63. The largest absolute Gasteiger partial charge is 0.489 e. The van der Waals surface area contributed by atoms with E-state index in [1.54, 1.807) is 6.07 Å². The Morgan fingerprint density at radius 3 is 3.07 bits per heavy atom. The van der Waals surface area contributed by atoms with Crippen molar-refractivity contribution in [2.45, 2.75) is 26.0 Å². The fraction of sp³-hybridized carbons (Fsp3) is 0.455. The second kappa shape index (κ2) is 5.33. The van der Waals surface area contributed by atoms with E-state index in [2.05, 4.69) is 12.2 Å². The van der Waals surface area contributed by atoms with Crippen LogP contribution in [0, 0.1) is 5.82 Å². The van der Waals surface area contributed by atoms with Gasteiger partial charge in [0.15, 0.2) is 0 Å². The third-order valence-electron chi connectivity index (χ3n) is 2.46. The minimum atomic E-state index is -0.205. The molecule has 0 saturated carbocycles. The van der Waals surface area contributed by atoms with E-state index in [1.165, 1.54) is 12.1 Å². The Morgan fingerprint density at radius 1 is 1.53 bits per heavy atom. The molecule has 0 aromatic heterocycles. The van der Waals surface area contributed by atoms with Crippen molar-refractivity contribution in [1.82, 2.24) is 5.32 Å². The molecule has 2 nitrogen and oxygen atoms in total. The first kappa shape index (κ1) is 12.3. The highest BCUT2D eigenvalue weighted by Crippen LogP contribution is 2.23. The molecule has 0 fully saturated rings. The van der Waals surface area contributed by atoms with Gasteiger partial charge in [-0.2, -0.15) is 0 Å². The summed E-state index contributed by atoms with van der Waals surface area (Å²) in [4.78, 5) is 0. The average molecular weight is 232 g/mol. The summed E-state index contributed by atoms with van der Waals surface area (Å²) in [6.45, 7) is 3.59. The van der Waals surface area contributed by atoms with Gasteiger partial charge in [0, 0.05) is 18.7 Å². The second-order valence-corrected chi connectivity index (χ2v) is 3.53. The van der Waals surface area contributed by atoms with Crippen LogP contribution in [0.25, 0.3) is 0 Å². The van der Waals surface area contributed by atoms with Gasteiger partial charge in [-0.05, 0) is 24.6 Å². The molecule has 1 aliphatic rings. The number of ether oxygens (including phenoxy) is 1. The van der Waals surface area contributed by atoms with Crippen molar-refractivity contribution in [3.05, 3.63) is 29.6 Å². The molecule has 84 valence electrons. The minimum absolute atomic E-state index is 0. The molecule has 2 rings (SSSR count). The smallest absolute Gasteiger partial charge is 0.124 e. The summed E-state index contributed by atoms with van der Waals surface area (Å²) in [5.74, 6) is 0.604. The van der Waals surface area contributed by atoms with Gasteiger partial charge in [0.25, 0.3) is 0 Å². The molecule has 1 N–H and O–H groups in total. The van der Waals surface area contributed by atoms with Crippen LogP contribution in [0.3, 0.4) is 0 Å². The van der Waals surface area contributed by atoms with E-state index < -0.39 is 0 Å². The lowest BCUT2D eigenvalue weighted by atomic mass is 10.2. The molecule has 0 spiro atoms. The molecule has 0 saturated heterocycles. The Kier molecular flexibility index (Phi) is 4.36. The van der Waals surface area contributed by atoms with Gasteiger partial charge < -0.3 is 10.1 Å². The van der Waals surface area contributed by atoms with E-state index in [0.717, 1.165) is 24.3 Å². The van der Waals surface area contributed by atoms with Gasteiger partial charge in [-0.25, -0.2) is 4.39 Å². The lowest BCUT2D eigenvalue weighted by Crippen LogP contribution is -2.27. The monoisotopic (exact) mass is 231 g/mol. The zero-order chi connectivity index (χ0) is 9.97. The normalized spacial score (nSPS) is 19.5. The van der Waals surface area contributed by atoms with Crippen molar-refractivity contribution in [3.8, 4) is 5.75 Å². The van der Waals surface area contributed by atoms with E-state index in [-0.39, 0.29) is 24.3 Å². The van der Waals surface area contributed by atoms with Crippen LogP contribution in [0.2, 0.25) is 0 Å². The molecule has 1 aromatic rings. The maximum atomic E-state index is 12.9. The topological polar surface area (TPSA) is 21.3 Å². The van der Waals surface area contributed by atoms with Gasteiger partial charge in [0.05, 0.1) is 0 Å². The highest BCUT2D eigenvalue weighted by atomic mass is 35.5. The average Bonchev–Trinajstić information content (AvgIpc) is 2.38. The van der Waals surface area contributed by atoms with Gasteiger partial charge in [0.1, 0.15) is 17.7 Å². The predicted octanol–water partition coefficient (Wildman–Crippen LogP) is 2.51. The summed E-state index contributed by atoms with van der Waals surface area (Å²) in [6.07, 6.45) is 1.16. The highest BCUT2D eigenvalue weighted by Gasteiger charge is 2.15. The van der Waals surface area contributed by atoms with E-state index in [1.807, 2.05) is 0 Å². The van der Waals surface area contributed by atoms with Crippen LogP contribution in [0.4, 0.5) is 4.39 Å².